The van der Waals surface area contributed by atoms with Crippen molar-refractivity contribution < 1.29 is 14.3 Å². The Hall–Kier alpha value is -2.93. The Labute approximate surface area is 153 Å². The molecule has 0 fully saturated rings. The van der Waals surface area contributed by atoms with Gasteiger partial charge in [-0.05, 0) is 43.9 Å². The summed E-state index contributed by atoms with van der Waals surface area (Å²) in [4.78, 5) is 29.6. The van der Waals surface area contributed by atoms with Crippen LogP contribution in [0.5, 0.6) is 5.75 Å². The lowest BCUT2D eigenvalue weighted by Crippen LogP contribution is -2.34. The molecule has 1 heterocycles. The minimum absolute atomic E-state index is 0.0153. The zero-order valence-electron chi connectivity index (χ0n) is 15.4. The van der Waals surface area contributed by atoms with E-state index in [9.17, 15) is 9.59 Å². The normalized spacial score (nSPS) is 11.7. The van der Waals surface area contributed by atoms with E-state index in [1.54, 1.807) is 19.2 Å². The molecule has 2 rings (SSSR count). The lowest BCUT2D eigenvalue weighted by Gasteiger charge is -2.25. The first kappa shape index (κ1) is 19.4. The van der Waals surface area contributed by atoms with E-state index in [-0.39, 0.29) is 17.9 Å². The first-order chi connectivity index (χ1) is 12.4. The molecular weight excluding hydrogens is 332 g/mol. The Balaban J connectivity index is 2.06. The molecule has 7 heteroatoms. The first-order valence-electron chi connectivity index (χ1n) is 8.23. The van der Waals surface area contributed by atoms with Gasteiger partial charge in [0.25, 0.3) is 5.91 Å². The topological polar surface area (TPSA) is 83.6 Å². The molecule has 7 nitrogen and oxygen atoms in total. The van der Waals surface area contributed by atoms with Crippen LogP contribution in [0.15, 0.2) is 42.6 Å². The van der Waals surface area contributed by atoms with Crippen LogP contribution in [0.25, 0.3) is 0 Å². The second kappa shape index (κ2) is 8.96. The minimum atomic E-state index is -0.234. The summed E-state index contributed by atoms with van der Waals surface area (Å²) in [6.45, 7) is 1.83. The number of amides is 2. The summed E-state index contributed by atoms with van der Waals surface area (Å²) in [7, 11) is 5.55. The number of rotatable bonds is 7. The summed E-state index contributed by atoms with van der Waals surface area (Å²) in [5.74, 6) is 0.684. The van der Waals surface area contributed by atoms with Gasteiger partial charge in [-0.25, -0.2) is 4.98 Å². The van der Waals surface area contributed by atoms with E-state index in [1.807, 2.05) is 43.3 Å². The van der Waals surface area contributed by atoms with Crippen molar-refractivity contribution in [3.05, 3.63) is 53.7 Å². The molecule has 0 aliphatic rings. The number of nitrogens with zero attached hydrogens (tertiary/aromatic N) is 2. The third-order valence-electron chi connectivity index (χ3n) is 3.91. The number of nitrogens with one attached hydrogen (secondary N) is 2. The fourth-order valence-corrected chi connectivity index (χ4v) is 2.54. The number of ether oxygens (including phenoxy) is 1. The third kappa shape index (κ3) is 5.29. The third-order valence-corrected chi connectivity index (χ3v) is 3.91. The zero-order valence-corrected chi connectivity index (χ0v) is 15.4. The number of carbonyl (C=O) groups excluding carboxylic acids is 2. The Morgan fingerprint density at radius 2 is 1.88 bits per heavy atom. The molecule has 1 unspecified atom stereocenters. The average molecular weight is 356 g/mol. The van der Waals surface area contributed by atoms with Crippen LogP contribution in [0.2, 0.25) is 0 Å². The molecule has 2 N–H and O–H groups in total. The van der Waals surface area contributed by atoms with E-state index in [4.69, 9.17) is 4.74 Å². The van der Waals surface area contributed by atoms with Crippen molar-refractivity contribution in [1.29, 1.82) is 0 Å². The highest BCUT2D eigenvalue weighted by Crippen LogP contribution is 2.21. The summed E-state index contributed by atoms with van der Waals surface area (Å²) in [5.41, 5.74) is 1.51. The molecular formula is C19H24N4O3. The molecule has 0 spiro atoms. The monoisotopic (exact) mass is 356 g/mol. The molecule has 1 aromatic carbocycles. The van der Waals surface area contributed by atoms with Crippen LogP contribution in [0, 0.1) is 0 Å². The van der Waals surface area contributed by atoms with Crippen molar-refractivity contribution in [2.24, 2.45) is 0 Å². The van der Waals surface area contributed by atoms with Gasteiger partial charge >= 0.3 is 0 Å². The van der Waals surface area contributed by atoms with E-state index in [2.05, 4.69) is 15.6 Å². The molecule has 26 heavy (non-hydrogen) atoms. The van der Waals surface area contributed by atoms with E-state index >= 15 is 0 Å². The maximum atomic E-state index is 12.5. The Morgan fingerprint density at radius 1 is 1.19 bits per heavy atom. The summed E-state index contributed by atoms with van der Waals surface area (Å²) >= 11 is 0. The van der Waals surface area contributed by atoms with Crippen LogP contribution >= 0.6 is 0 Å². The molecule has 2 aromatic rings. The molecule has 0 aliphatic carbocycles. The van der Waals surface area contributed by atoms with Crippen molar-refractivity contribution in [1.82, 2.24) is 15.2 Å². The van der Waals surface area contributed by atoms with Gasteiger partial charge in [-0.15, -0.1) is 0 Å². The average Bonchev–Trinajstić information content (AvgIpc) is 2.61. The van der Waals surface area contributed by atoms with Gasteiger partial charge in [-0.2, -0.15) is 0 Å². The largest absolute Gasteiger partial charge is 0.497 e. The second-order valence-electron chi connectivity index (χ2n) is 6.07. The van der Waals surface area contributed by atoms with Gasteiger partial charge in [0, 0.05) is 25.2 Å². The van der Waals surface area contributed by atoms with Crippen LogP contribution in [-0.2, 0) is 4.79 Å². The number of carbonyl (C=O) groups is 2. The second-order valence-corrected chi connectivity index (χ2v) is 6.07. The maximum absolute atomic E-state index is 12.5. The van der Waals surface area contributed by atoms with Crippen molar-refractivity contribution in [3.8, 4) is 5.75 Å². The van der Waals surface area contributed by atoms with Crippen molar-refractivity contribution in [2.45, 2.75) is 13.0 Å². The SMILES string of the molecule is COc1ccc(C(CNC(=O)c2ccnc(NC(C)=O)c2)N(C)C)cc1. The highest BCUT2D eigenvalue weighted by Gasteiger charge is 2.16. The van der Waals surface area contributed by atoms with E-state index in [1.165, 1.54) is 13.1 Å². The Morgan fingerprint density at radius 3 is 2.46 bits per heavy atom. The molecule has 0 radical (unpaired) electrons. The van der Waals surface area contributed by atoms with E-state index in [0.717, 1.165) is 11.3 Å². The summed E-state index contributed by atoms with van der Waals surface area (Å²) in [6.07, 6.45) is 1.49. The number of pyridine rings is 1. The fraction of sp³-hybridized carbons (Fsp3) is 0.316. The van der Waals surface area contributed by atoms with E-state index < -0.39 is 0 Å². The molecule has 138 valence electrons. The predicted molar refractivity (Wildman–Crippen MR) is 100 cm³/mol. The number of likely N-dealkylation sites (N-methyl/N-ethyl adjacent to an activating group) is 1. The van der Waals surface area contributed by atoms with Gasteiger partial charge in [0.2, 0.25) is 5.91 Å². The van der Waals surface area contributed by atoms with Crippen molar-refractivity contribution in [3.63, 3.8) is 0 Å². The number of methoxy groups -OCH3 is 1. The number of anilines is 1. The lowest BCUT2D eigenvalue weighted by molar-refractivity contribution is -0.114. The van der Waals surface area contributed by atoms with Gasteiger partial charge in [-0.3, -0.25) is 9.59 Å². The molecule has 0 bridgehead atoms. The maximum Gasteiger partial charge on any atom is 0.251 e. The number of hydrogen-bond donors (Lipinski definition) is 2. The molecule has 2 amide bonds. The summed E-state index contributed by atoms with van der Waals surface area (Å²) < 4.78 is 5.18. The number of benzene rings is 1. The van der Waals surface area contributed by atoms with Gasteiger partial charge in [0.15, 0.2) is 0 Å². The Bertz CT molecular complexity index is 760. The van der Waals surface area contributed by atoms with Crippen LogP contribution in [0.3, 0.4) is 0 Å². The molecule has 1 atom stereocenters. The fourth-order valence-electron chi connectivity index (χ4n) is 2.54. The predicted octanol–water partition coefficient (Wildman–Crippen LogP) is 2.08. The molecule has 1 aromatic heterocycles. The summed E-state index contributed by atoms with van der Waals surface area (Å²) in [6, 6.07) is 10.9. The highest BCUT2D eigenvalue weighted by molar-refractivity contribution is 5.96. The number of aromatic nitrogens is 1. The number of hydrogen-bond acceptors (Lipinski definition) is 5. The molecule has 0 saturated heterocycles. The minimum Gasteiger partial charge on any atom is -0.497 e. The Kier molecular flexibility index (Phi) is 6.68. The van der Waals surface area contributed by atoms with Crippen molar-refractivity contribution >= 4 is 17.6 Å². The lowest BCUT2D eigenvalue weighted by atomic mass is 10.1. The summed E-state index contributed by atoms with van der Waals surface area (Å²) in [5, 5.41) is 5.51. The smallest absolute Gasteiger partial charge is 0.251 e. The van der Waals surface area contributed by atoms with Gasteiger partial charge in [-0.1, -0.05) is 12.1 Å². The van der Waals surface area contributed by atoms with Crippen LogP contribution in [0.1, 0.15) is 28.9 Å². The van der Waals surface area contributed by atoms with Crippen LogP contribution in [-0.4, -0.2) is 49.4 Å². The first-order valence-corrected chi connectivity index (χ1v) is 8.23. The van der Waals surface area contributed by atoms with Crippen LogP contribution < -0.4 is 15.4 Å². The van der Waals surface area contributed by atoms with Gasteiger partial charge < -0.3 is 20.3 Å². The van der Waals surface area contributed by atoms with Crippen LogP contribution in [0.4, 0.5) is 5.82 Å². The van der Waals surface area contributed by atoms with Crippen molar-refractivity contribution in [2.75, 3.05) is 33.1 Å². The van der Waals surface area contributed by atoms with E-state index in [0.29, 0.717) is 17.9 Å². The van der Waals surface area contributed by atoms with Gasteiger partial charge in [0.05, 0.1) is 13.2 Å². The standard InChI is InChI=1S/C19H24N4O3/c1-13(24)22-18-11-15(9-10-20-18)19(25)21-12-17(23(2)3)14-5-7-16(26-4)8-6-14/h5-11,17H,12H2,1-4H3,(H,21,25)(H,20,22,24). The molecule has 0 saturated carbocycles. The molecule has 0 aliphatic heterocycles. The van der Waals surface area contributed by atoms with Gasteiger partial charge in [0.1, 0.15) is 11.6 Å². The zero-order chi connectivity index (χ0) is 19.1. The highest BCUT2D eigenvalue weighted by atomic mass is 16.5. The quantitative estimate of drug-likeness (QED) is 0.794.